The summed E-state index contributed by atoms with van der Waals surface area (Å²) in [4.78, 5) is 22.2. The molecular weight excluding hydrogens is 336 g/mol. The van der Waals surface area contributed by atoms with Crippen LogP contribution in [0.15, 0.2) is 30.5 Å². The number of nitrogens with zero attached hydrogens (tertiary/aromatic N) is 3. The van der Waals surface area contributed by atoms with Crippen LogP contribution in [-0.2, 0) is 0 Å². The number of carbonyl (C=O) groups is 1. The van der Waals surface area contributed by atoms with Crippen molar-refractivity contribution in [3.05, 3.63) is 41.6 Å². The Bertz CT molecular complexity index is 866. The molecule has 3 heterocycles. The molecule has 0 bridgehead atoms. The van der Waals surface area contributed by atoms with Gasteiger partial charge in [-0.15, -0.1) is 0 Å². The summed E-state index contributed by atoms with van der Waals surface area (Å²) in [6.45, 7) is 11.8. The number of rotatable bonds is 5. The Morgan fingerprint density at radius 2 is 2.00 bits per heavy atom. The van der Waals surface area contributed by atoms with Crippen molar-refractivity contribution >= 4 is 22.5 Å². The molecule has 1 N–H and O–H groups in total. The van der Waals surface area contributed by atoms with E-state index in [-0.39, 0.29) is 6.03 Å². The molecule has 2 aliphatic heterocycles. The van der Waals surface area contributed by atoms with Crippen molar-refractivity contribution in [3.8, 4) is 0 Å². The predicted octanol–water partition coefficient (Wildman–Crippen LogP) is 3.71. The van der Waals surface area contributed by atoms with Gasteiger partial charge in [0.05, 0.1) is 0 Å². The molecule has 0 atom stereocenters. The zero-order chi connectivity index (χ0) is 19.0. The Morgan fingerprint density at radius 1 is 1.15 bits per heavy atom. The van der Waals surface area contributed by atoms with Crippen LogP contribution in [0.3, 0.4) is 0 Å². The molecule has 0 spiro atoms. The summed E-state index contributed by atoms with van der Waals surface area (Å²) in [6, 6.07) is 7.11. The van der Waals surface area contributed by atoms with Gasteiger partial charge in [0.1, 0.15) is 0 Å². The third-order valence-electron chi connectivity index (χ3n) is 5.91. The molecule has 1 saturated heterocycles. The second kappa shape index (κ2) is 7.39. The van der Waals surface area contributed by atoms with Gasteiger partial charge in [0.15, 0.2) is 0 Å². The third kappa shape index (κ3) is 3.61. The van der Waals surface area contributed by atoms with Crippen LogP contribution in [0.4, 0.5) is 4.79 Å². The molecule has 0 saturated carbocycles. The van der Waals surface area contributed by atoms with Crippen LogP contribution in [0.5, 0.6) is 0 Å². The largest absolute Gasteiger partial charge is 0.361 e. The van der Waals surface area contributed by atoms with Gasteiger partial charge in [-0.1, -0.05) is 18.2 Å². The van der Waals surface area contributed by atoms with E-state index in [9.17, 15) is 4.79 Å². The Balaban J connectivity index is 1.35. The van der Waals surface area contributed by atoms with Gasteiger partial charge in [0.2, 0.25) is 0 Å². The Morgan fingerprint density at radius 3 is 2.70 bits per heavy atom. The lowest BCUT2D eigenvalue weighted by atomic mass is 9.98. The normalized spacial score (nSPS) is 18.8. The molecule has 1 fully saturated rings. The van der Waals surface area contributed by atoms with Gasteiger partial charge in [0, 0.05) is 68.0 Å². The number of H-pyrrole nitrogens is 1. The number of hydrogen-bond donors (Lipinski definition) is 1. The van der Waals surface area contributed by atoms with Crippen molar-refractivity contribution in [2.24, 2.45) is 0 Å². The van der Waals surface area contributed by atoms with Crippen LogP contribution in [0.1, 0.15) is 31.4 Å². The first-order valence-corrected chi connectivity index (χ1v) is 10.1. The summed E-state index contributed by atoms with van der Waals surface area (Å²) in [5, 5.41) is 1.32. The molecule has 0 unspecified atom stereocenters. The zero-order valence-electron chi connectivity index (χ0n) is 16.7. The van der Waals surface area contributed by atoms with E-state index < -0.39 is 0 Å². The summed E-state index contributed by atoms with van der Waals surface area (Å²) in [7, 11) is 0. The maximum absolute atomic E-state index is 12.4. The van der Waals surface area contributed by atoms with Gasteiger partial charge < -0.3 is 14.8 Å². The van der Waals surface area contributed by atoms with Crippen LogP contribution in [0.2, 0.25) is 0 Å². The van der Waals surface area contributed by atoms with Crippen LogP contribution in [-0.4, -0.2) is 71.0 Å². The Hall–Kier alpha value is -2.27. The van der Waals surface area contributed by atoms with E-state index in [1.807, 2.05) is 9.80 Å². The molecule has 1 aromatic carbocycles. The first-order chi connectivity index (χ1) is 13.0. The zero-order valence-corrected chi connectivity index (χ0v) is 16.7. The number of hydrogen-bond acceptors (Lipinski definition) is 2. The first-order valence-electron chi connectivity index (χ1n) is 10.1. The van der Waals surface area contributed by atoms with Crippen molar-refractivity contribution in [1.82, 2.24) is 19.7 Å². The number of aromatic amines is 1. The number of fused-ring (bicyclic) bond motifs is 1. The molecule has 144 valence electrons. The standard InChI is InChI=1S/C22H30N4O/c1-16(2)26-13-12-25(22(26)27)11-10-24-8-6-18(7-9-24)20-15-23-21-14-17(3)4-5-19(20)21/h4-6,14-16,23H,7-13H2,1-3H3. The average molecular weight is 367 g/mol. The SMILES string of the molecule is Cc1ccc2c(C3=CCN(CCN4CCN(C(C)C)C4=O)CC3)c[nH]c2c1. The summed E-state index contributed by atoms with van der Waals surface area (Å²) in [6.07, 6.45) is 5.57. The molecule has 2 aliphatic rings. The highest BCUT2D eigenvalue weighted by atomic mass is 16.2. The van der Waals surface area contributed by atoms with Gasteiger partial charge >= 0.3 is 6.03 Å². The number of carbonyl (C=O) groups excluding carboxylic acids is 1. The van der Waals surface area contributed by atoms with Crippen molar-refractivity contribution in [2.45, 2.75) is 33.2 Å². The fourth-order valence-electron chi connectivity index (χ4n) is 4.21. The summed E-state index contributed by atoms with van der Waals surface area (Å²) in [5.41, 5.74) is 5.28. The molecule has 1 aromatic heterocycles. The van der Waals surface area contributed by atoms with Gasteiger partial charge in [-0.2, -0.15) is 0 Å². The molecule has 27 heavy (non-hydrogen) atoms. The number of benzene rings is 1. The van der Waals surface area contributed by atoms with Crippen molar-refractivity contribution < 1.29 is 4.79 Å². The average Bonchev–Trinajstić information content (AvgIpc) is 3.23. The lowest BCUT2D eigenvalue weighted by molar-refractivity contribution is 0.176. The summed E-state index contributed by atoms with van der Waals surface area (Å²) in [5.74, 6) is 0. The highest BCUT2D eigenvalue weighted by molar-refractivity contribution is 5.93. The molecular formula is C22H30N4O. The minimum Gasteiger partial charge on any atom is -0.361 e. The minimum absolute atomic E-state index is 0.201. The number of urea groups is 1. The van der Waals surface area contributed by atoms with E-state index in [0.29, 0.717) is 6.04 Å². The highest BCUT2D eigenvalue weighted by Gasteiger charge is 2.30. The summed E-state index contributed by atoms with van der Waals surface area (Å²) < 4.78 is 0. The van der Waals surface area contributed by atoms with Crippen molar-refractivity contribution in [1.29, 1.82) is 0 Å². The quantitative estimate of drug-likeness (QED) is 0.876. The fraction of sp³-hybridized carbons (Fsp3) is 0.500. The van der Waals surface area contributed by atoms with Gasteiger partial charge in [0.25, 0.3) is 0 Å². The molecule has 0 aliphatic carbocycles. The van der Waals surface area contributed by atoms with Crippen LogP contribution < -0.4 is 0 Å². The predicted molar refractivity (Wildman–Crippen MR) is 111 cm³/mol. The van der Waals surface area contributed by atoms with Gasteiger partial charge in [-0.3, -0.25) is 4.90 Å². The molecule has 0 radical (unpaired) electrons. The van der Waals surface area contributed by atoms with E-state index in [1.165, 1.54) is 27.6 Å². The lowest BCUT2D eigenvalue weighted by Crippen LogP contribution is -2.40. The van der Waals surface area contributed by atoms with Crippen molar-refractivity contribution in [3.63, 3.8) is 0 Å². The number of nitrogens with one attached hydrogen (secondary N) is 1. The van der Waals surface area contributed by atoms with E-state index >= 15 is 0 Å². The molecule has 2 aromatic rings. The smallest absolute Gasteiger partial charge is 0.320 e. The van der Waals surface area contributed by atoms with E-state index in [4.69, 9.17) is 0 Å². The summed E-state index contributed by atoms with van der Waals surface area (Å²) >= 11 is 0. The monoisotopic (exact) mass is 366 g/mol. The second-order valence-corrected chi connectivity index (χ2v) is 8.09. The van der Waals surface area contributed by atoms with E-state index in [0.717, 1.165) is 45.7 Å². The minimum atomic E-state index is 0.201. The second-order valence-electron chi connectivity index (χ2n) is 8.09. The third-order valence-corrected chi connectivity index (χ3v) is 5.91. The topological polar surface area (TPSA) is 42.6 Å². The fourth-order valence-corrected chi connectivity index (χ4v) is 4.21. The maximum atomic E-state index is 12.4. The number of aromatic nitrogens is 1. The Kier molecular flexibility index (Phi) is 4.96. The molecule has 2 amide bonds. The number of amides is 2. The Labute approximate surface area is 161 Å². The van der Waals surface area contributed by atoms with Gasteiger partial charge in [-0.25, -0.2) is 4.79 Å². The highest BCUT2D eigenvalue weighted by Crippen LogP contribution is 2.29. The first kappa shape index (κ1) is 18.1. The van der Waals surface area contributed by atoms with Gasteiger partial charge in [-0.05, 0) is 44.4 Å². The van der Waals surface area contributed by atoms with E-state index in [1.54, 1.807) is 0 Å². The molecule has 5 nitrogen and oxygen atoms in total. The molecule has 5 heteroatoms. The van der Waals surface area contributed by atoms with Crippen LogP contribution >= 0.6 is 0 Å². The molecule has 4 rings (SSSR count). The lowest BCUT2D eigenvalue weighted by Gasteiger charge is -2.28. The maximum Gasteiger partial charge on any atom is 0.320 e. The van der Waals surface area contributed by atoms with Crippen LogP contribution in [0.25, 0.3) is 16.5 Å². The van der Waals surface area contributed by atoms with E-state index in [2.05, 4.69) is 61.1 Å². The van der Waals surface area contributed by atoms with Crippen molar-refractivity contribution in [2.75, 3.05) is 39.3 Å². The van der Waals surface area contributed by atoms with Crippen LogP contribution in [0, 0.1) is 6.92 Å². The number of aryl methyl sites for hydroxylation is 1.